The molecule has 218 valence electrons. The number of nitrogens with zero attached hydrogens (tertiary/aromatic N) is 5. The van der Waals surface area contributed by atoms with Crippen molar-refractivity contribution in [3.8, 4) is 5.75 Å². The summed E-state index contributed by atoms with van der Waals surface area (Å²) in [5, 5.41) is 19.8. The van der Waals surface area contributed by atoms with Gasteiger partial charge in [-0.2, -0.15) is 5.10 Å². The van der Waals surface area contributed by atoms with Gasteiger partial charge in [-0.1, -0.05) is 23.7 Å². The van der Waals surface area contributed by atoms with Crippen molar-refractivity contribution in [2.75, 3.05) is 18.5 Å². The second-order valence-electron chi connectivity index (χ2n) is 10.2. The molecule has 1 aliphatic heterocycles. The van der Waals surface area contributed by atoms with Gasteiger partial charge in [-0.25, -0.2) is 14.3 Å². The van der Waals surface area contributed by atoms with Crippen molar-refractivity contribution in [1.29, 1.82) is 0 Å². The number of carbonyl (C=O) groups excluding carboxylic acids is 3. The van der Waals surface area contributed by atoms with Crippen molar-refractivity contribution in [3.05, 3.63) is 91.2 Å². The molecule has 4 aromatic rings. The summed E-state index contributed by atoms with van der Waals surface area (Å²) in [4.78, 5) is 68.0. The van der Waals surface area contributed by atoms with Gasteiger partial charge in [-0.15, -0.1) is 0 Å². The molecule has 1 atom stereocenters. The van der Waals surface area contributed by atoms with E-state index in [9.17, 15) is 29.1 Å². The standard InChI is InChI=1S/C28H28ClN7O6/c1-15(2)34-9-10-35-22(13-20(37)24(38)23(35)27(34)41)33(3)26(40)19(12-16-5-4-6-18(29)11-16)30-25(39)17-7-8-21-31-32-28(42)36(21)14-17/h4-8,11,13-15,19,38H,9-10,12H2,1-3H3,(H,30,39)(H,32,42)/t19-/m1/s1. The lowest BCUT2D eigenvalue weighted by molar-refractivity contribution is -0.120. The van der Waals surface area contributed by atoms with E-state index in [1.165, 1.54) is 44.1 Å². The molecule has 0 saturated carbocycles. The lowest BCUT2D eigenvalue weighted by atomic mass is 10.0. The van der Waals surface area contributed by atoms with E-state index in [-0.39, 0.29) is 36.1 Å². The first-order chi connectivity index (χ1) is 20.0. The Morgan fingerprint density at radius 3 is 2.62 bits per heavy atom. The third-order valence-electron chi connectivity index (χ3n) is 7.20. The third kappa shape index (κ3) is 5.26. The van der Waals surface area contributed by atoms with E-state index in [4.69, 9.17) is 11.6 Å². The number of amides is 3. The smallest absolute Gasteiger partial charge is 0.347 e. The van der Waals surface area contributed by atoms with Crippen LogP contribution in [-0.2, 0) is 17.8 Å². The van der Waals surface area contributed by atoms with Crippen molar-refractivity contribution < 1.29 is 19.5 Å². The zero-order valence-electron chi connectivity index (χ0n) is 23.0. The molecule has 5 rings (SSSR count). The zero-order chi connectivity index (χ0) is 30.3. The minimum Gasteiger partial charge on any atom is -0.503 e. The van der Waals surface area contributed by atoms with Gasteiger partial charge in [0.15, 0.2) is 17.1 Å². The van der Waals surface area contributed by atoms with E-state index in [0.29, 0.717) is 22.8 Å². The monoisotopic (exact) mass is 593 g/mol. The number of carbonyl (C=O) groups is 3. The van der Waals surface area contributed by atoms with E-state index in [0.717, 1.165) is 6.07 Å². The highest BCUT2D eigenvalue weighted by Gasteiger charge is 2.34. The van der Waals surface area contributed by atoms with Crippen molar-refractivity contribution in [1.82, 2.24) is 29.4 Å². The number of H-pyrrole nitrogens is 1. The van der Waals surface area contributed by atoms with Crippen molar-refractivity contribution in [2.45, 2.75) is 38.9 Å². The Labute approximate surface area is 243 Å². The lowest BCUT2D eigenvalue weighted by Gasteiger charge is -2.36. The Hall–Kier alpha value is -4.91. The molecule has 0 aliphatic carbocycles. The molecule has 14 heteroatoms. The van der Waals surface area contributed by atoms with Crippen LogP contribution in [0.15, 0.2) is 58.3 Å². The van der Waals surface area contributed by atoms with Crippen LogP contribution in [0.5, 0.6) is 5.75 Å². The number of fused-ring (bicyclic) bond motifs is 2. The molecule has 3 amide bonds. The van der Waals surface area contributed by atoms with Gasteiger partial charge in [-0.3, -0.25) is 24.1 Å². The number of aromatic nitrogens is 4. The minimum atomic E-state index is -1.15. The summed E-state index contributed by atoms with van der Waals surface area (Å²) >= 11 is 6.17. The van der Waals surface area contributed by atoms with Crippen molar-refractivity contribution in [3.63, 3.8) is 0 Å². The molecular weight excluding hydrogens is 566 g/mol. The number of hydrogen-bond acceptors (Lipinski definition) is 7. The van der Waals surface area contributed by atoms with Gasteiger partial charge < -0.3 is 19.9 Å². The summed E-state index contributed by atoms with van der Waals surface area (Å²) in [5.74, 6) is -2.35. The highest BCUT2D eigenvalue weighted by Crippen LogP contribution is 2.27. The van der Waals surface area contributed by atoms with Crippen molar-refractivity contribution in [2.24, 2.45) is 0 Å². The van der Waals surface area contributed by atoms with E-state index in [1.54, 1.807) is 24.3 Å². The summed E-state index contributed by atoms with van der Waals surface area (Å²) in [6.07, 6.45) is 1.35. The number of hydrogen-bond donors (Lipinski definition) is 3. The molecule has 42 heavy (non-hydrogen) atoms. The predicted octanol–water partition coefficient (Wildman–Crippen LogP) is 1.41. The Bertz CT molecular complexity index is 1840. The fourth-order valence-electron chi connectivity index (χ4n) is 5.01. The molecule has 0 saturated heterocycles. The molecule has 1 aromatic carbocycles. The lowest BCUT2D eigenvalue weighted by Crippen LogP contribution is -2.51. The maximum Gasteiger partial charge on any atom is 0.347 e. The third-order valence-corrected chi connectivity index (χ3v) is 7.43. The number of aromatic amines is 1. The number of likely N-dealkylation sites (N-methyl/N-ethyl adjacent to an activating group) is 1. The Morgan fingerprint density at radius 1 is 1.14 bits per heavy atom. The molecule has 0 spiro atoms. The largest absolute Gasteiger partial charge is 0.503 e. The van der Waals surface area contributed by atoms with E-state index in [1.807, 2.05) is 13.8 Å². The summed E-state index contributed by atoms with van der Waals surface area (Å²) in [6.45, 7) is 4.18. The summed E-state index contributed by atoms with van der Waals surface area (Å²) in [5.41, 5.74) is -0.468. The number of benzene rings is 1. The van der Waals surface area contributed by atoms with Crippen molar-refractivity contribution >= 4 is 40.8 Å². The summed E-state index contributed by atoms with van der Waals surface area (Å²) < 4.78 is 2.61. The normalized spacial score (nSPS) is 13.7. The molecular formula is C28H28ClN7O6. The topological polar surface area (TPSA) is 162 Å². The Balaban J connectivity index is 1.51. The SMILES string of the molecule is CC(C)N1CCn2c(N(C)C(=O)[C@@H](Cc3cccc(Cl)c3)NC(=O)c3ccc4n[nH]c(=O)n4c3)cc(=O)c(O)c2C1=O. The number of aromatic hydroxyl groups is 1. The highest BCUT2D eigenvalue weighted by atomic mass is 35.5. The predicted molar refractivity (Wildman–Crippen MR) is 154 cm³/mol. The van der Waals surface area contributed by atoms with Crippen LogP contribution in [0, 0.1) is 0 Å². The Kier molecular flexibility index (Phi) is 7.61. The van der Waals surface area contributed by atoms with Gasteiger partial charge in [0, 0.05) is 49.9 Å². The molecule has 1 aliphatic rings. The first-order valence-corrected chi connectivity index (χ1v) is 13.5. The molecule has 0 unspecified atom stereocenters. The van der Waals surface area contributed by atoms with Crippen LogP contribution < -0.4 is 21.3 Å². The molecule has 3 N–H and O–H groups in total. The Morgan fingerprint density at radius 2 is 1.90 bits per heavy atom. The van der Waals surface area contributed by atoms with E-state index < -0.39 is 40.6 Å². The maximum absolute atomic E-state index is 14.0. The zero-order valence-corrected chi connectivity index (χ0v) is 23.8. The van der Waals surface area contributed by atoms with E-state index >= 15 is 0 Å². The molecule has 0 radical (unpaired) electrons. The maximum atomic E-state index is 14.0. The van der Waals surface area contributed by atoms with Gasteiger partial charge in [-0.05, 0) is 43.7 Å². The minimum absolute atomic E-state index is 0.0403. The van der Waals surface area contributed by atoms with Crippen LogP contribution in [0.1, 0.15) is 40.3 Å². The van der Waals surface area contributed by atoms with Crippen LogP contribution in [-0.4, -0.2) is 72.6 Å². The number of halogens is 1. The van der Waals surface area contributed by atoms with E-state index in [2.05, 4.69) is 15.5 Å². The number of rotatable bonds is 7. The van der Waals surface area contributed by atoms with Crippen LogP contribution >= 0.6 is 11.6 Å². The molecule has 3 aromatic heterocycles. The van der Waals surface area contributed by atoms with Gasteiger partial charge in [0.1, 0.15) is 11.9 Å². The fourth-order valence-corrected chi connectivity index (χ4v) is 5.22. The molecule has 4 heterocycles. The van der Waals surface area contributed by atoms with Crippen LogP contribution in [0.3, 0.4) is 0 Å². The first kappa shape index (κ1) is 28.6. The van der Waals surface area contributed by atoms with Crippen LogP contribution in [0.2, 0.25) is 5.02 Å². The first-order valence-electron chi connectivity index (χ1n) is 13.1. The fraction of sp³-hybridized carbons (Fsp3) is 0.286. The number of nitrogens with one attached hydrogen (secondary N) is 2. The van der Waals surface area contributed by atoms with Gasteiger partial charge in [0.25, 0.3) is 17.7 Å². The highest BCUT2D eigenvalue weighted by molar-refractivity contribution is 6.30. The molecule has 0 fully saturated rings. The molecule has 13 nitrogen and oxygen atoms in total. The quantitative estimate of drug-likeness (QED) is 0.292. The van der Waals surface area contributed by atoms with Gasteiger partial charge in [0.05, 0.1) is 5.56 Å². The van der Waals surface area contributed by atoms with Crippen LogP contribution in [0.25, 0.3) is 5.65 Å². The molecule has 0 bridgehead atoms. The van der Waals surface area contributed by atoms with Gasteiger partial charge >= 0.3 is 5.69 Å². The summed E-state index contributed by atoms with van der Waals surface area (Å²) in [7, 11) is 1.43. The van der Waals surface area contributed by atoms with Gasteiger partial charge in [0.2, 0.25) is 5.43 Å². The average molecular weight is 594 g/mol. The average Bonchev–Trinajstić information content (AvgIpc) is 3.33. The second-order valence-corrected chi connectivity index (χ2v) is 10.7. The number of anilines is 1. The van der Waals surface area contributed by atoms with Crippen LogP contribution in [0.4, 0.5) is 5.82 Å². The summed E-state index contributed by atoms with van der Waals surface area (Å²) in [6, 6.07) is 9.54. The number of pyridine rings is 2. The second kappa shape index (κ2) is 11.2.